The summed E-state index contributed by atoms with van der Waals surface area (Å²) < 4.78 is 47.6. The highest BCUT2D eigenvalue weighted by Gasteiger charge is 2.26. The van der Waals surface area contributed by atoms with E-state index in [9.17, 15) is 17.4 Å². The fourth-order valence-electron chi connectivity index (χ4n) is 1.37. The summed E-state index contributed by atoms with van der Waals surface area (Å²) in [7, 11) is -1.46. The molecule has 1 rings (SSSR count). The Bertz CT molecular complexity index is 418. The molecule has 1 aromatic carbocycles. The molecule has 0 fully saturated rings. The van der Waals surface area contributed by atoms with Crippen LogP contribution in [0.15, 0.2) is 23.1 Å². The first-order valence-corrected chi connectivity index (χ1v) is 6.43. The minimum Gasteiger partial charge on any atom is -0.398 e. The number of para-hydroxylation sites is 1. The Morgan fingerprint density at radius 1 is 1.35 bits per heavy atom. The van der Waals surface area contributed by atoms with Crippen LogP contribution in [0.25, 0.3) is 0 Å². The normalized spacial score (nSPS) is 13.6. The zero-order valence-electron chi connectivity index (χ0n) is 9.38. The van der Waals surface area contributed by atoms with Crippen molar-refractivity contribution in [1.82, 2.24) is 0 Å². The molecule has 0 heterocycles. The Morgan fingerprint density at radius 3 is 2.59 bits per heavy atom. The van der Waals surface area contributed by atoms with Gasteiger partial charge >= 0.3 is 6.18 Å². The molecule has 2 N–H and O–H groups in total. The first kappa shape index (κ1) is 14.0. The number of hydrogen-bond acceptors (Lipinski definition) is 2. The Morgan fingerprint density at radius 2 is 2.00 bits per heavy atom. The predicted molar refractivity (Wildman–Crippen MR) is 62.2 cm³/mol. The van der Waals surface area contributed by atoms with Crippen molar-refractivity contribution >= 4 is 16.5 Å². The van der Waals surface area contributed by atoms with Gasteiger partial charge in [-0.1, -0.05) is 12.1 Å². The molecule has 0 saturated carbocycles. The van der Waals surface area contributed by atoms with Gasteiger partial charge in [-0.25, -0.2) is 0 Å². The number of aryl methyl sites for hydroxylation is 1. The highest BCUT2D eigenvalue weighted by molar-refractivity contribution is 7.85. The van der Waals surface area contributed by atoms with Crippen molar-refractivity contribution in [3.05, 3.63) is 23.8 Å². The van der Waals surface area contributed by atoms with Crippen LogP contribution in [0.3, 0.4) is 0 Å². The van der Waals surface area contributed by atoms with Crippen LogP contribution in [0, 0.1) is 6.92 Å². The van der Waals surface area contributed by atoms with E-state index in [0.717, 1.165) is 5.56 Å². The first-order chi connectivity index (χ1) is 7.81. The molecule has 6 heteroatoms. The van der Waals surface area contributed by atoms with E-state index < -0.39 is 23.4 Å². The molecule has 1 aromatic rings. The standard InChI is InChI=1S/C11H14F3NOS/c1-8-4-2-5-9(10(8)15)17(16)7-3-6-11(12,13)14/h2,4-5H,3,6-7,15H2,1H3. The van der Waals surface area contributed by atoms with Crippen LogP contribution in [0.2, 0.25) is 0 Å². The molecular weight excluding hydrogens is 251 g/mol. The van der Waals surface area contributed by atoms with Gasteiger partial charge in [0.15, 0.2) is 0 Å². The van der Waals surface area contributed by atoms with Gasteiger partial charge in [0.1, 0.15) is 0 Å². The number of hydrogen-bond donors (Lipinski definition) is 1. The maximum absolute atomic E-state index is 11.9. The summed E-state index contributed by atoms with van der Waals surface area (Å²) in [5.74, 6) is -0.0207. The molecule has 0 spiro atoms. The zero-order chi connectivity index (χ0) is 13.1. The number of anilines is 1. The molecule has 2 nitrogen and oxygen atoms in total. The summed E-state index contributed by atoms with van der Waals surface area (Å²) in [6.45, 7) is 1.77. The largest absolute Gasteiger partial charge is 0.398 e. The average Bonchev–Trinajstić information content (AvgIpc) is 2.20. The maximum atomic E-state index is 11.9. The molecule has 0 aliphatic rings. The fraction of sp³-hybridized carbons (Fsp3) is 0.455. The van der Waals surface area contributed by atoms with E-state index in [0.29, 0.717) is 10.6 Å². The third kappa shape index (κ3) is 4.38. The summed E-state index contributed by atoms with van der Waals surface area (Å²) in [5, 5.41) is 0. The minimum absolute atomic E-state index is 0.0207. The summed E-state index contributed by atoms with van der Waals surface area (Å²) in [5.41, 5.74) is 6.91. The molecule has 0 aliphatic heterocycles. The van der Waals surface area contributed by atoms with Crippen molar-refractivity contribution in [2.75, 3.05) is 11.5 Å². The lowest BCUT2D eigenvalue weighted by atomic mass is 10.2. The summed E-state index contributed by atoms with van der Waals surface area (Å²) >= 11 is 0. The van der Waals surface area contributed by atoms with Gasteiger partial charge in [-0.3, -0.25) is 4.21 Å². The molecular formula is C11H14F3NOS. The maximum Gasteiger partial charge on any atom is 0.389 e. The topological polar surface area (TPSA) is 43.1 Å². The van der Waals surface area contributed by atoms with Gasteiger partial charge in [-0.05, 0) is 25.0 Å². The third-order valence-electron chi connectivity index (χ3n) is 2.32. The molecule has 0 radical (unpaired) electrons. The monoisotopic (exact) mass is 265 g/mol. The van der Waals surface area contributed by atoms with Crippen molar-refractivity contribution in [1.29, 1.82) is 0 Å². The molecule has 0 aliphatic carbocycles. The molecule has 0 aromatic heterocycles. The van der Waals surface area contributed by atoms with E-state index >= 15 is 0 Å². The lowest BCUT2D eigenvalue weighted by Crippen LogP contribution is -2.10. The fourth-order valence-corrected chi connectivity index (χ4v) is 2.63. The smallest absolute Gasteiger partial charge is 0.389 e. The SMILES string of the molecule is Cc1cccc(S(=O)CCCC(F)(F)F)c1N. The second-order valence-electron chi connectivity index (χ2n) is 3.76. The first-order valence-electron chi connectivity index (χ1n) is 5.11. The molecule has 0 saturated heterocycles. The van der Waals surface area contributed by atoms with E-state index in [4.69, 9.17) is 5.73 Å². The van der Waals surface area contributed by atoms with E-state index in [1.54, 1.807) is 25.1 Å². The van der Waals surface area contributed by atoms with E-state index in [-0.39, 0.29) is 12.2 Å². The van der Waals surface area contributed by atoms with Gasteiger partial charge in [0.05, 0.1) is 21.4 Å². The van der Waals surface area contributed by atoms with Crippen molar-refractivity contribution in [2.24, 2.45) is 0 Å². The molecule has 0 amide bonds. The Labute approximate surface area is 100 Å². The van der Waals surface area contributed by atoms with E-state index in [2.05, 4.69) is 0 Å². The van der Waals surface area contributed by atoms with Crippen LogP contribution in [-0.2, 0) is 10.8 Å². The third-order valence-corrected chi connectivity index (χ3v) is 3.83. The van der Waals surface area contributed by atoms with Gasteiger partial charge in [0.25, 0.3) is 0 Å². The Balaban J connectivity index is 2.62. The summed E-state index contributed by atoms with van der Waals surface area (Å²) in [6.07, 6.45) is -5.25. The van der Waals surface area contributed by atoms with Crippen LogP contribution in [0.5, 0.6) is 0 Å². The van der Waals surface area contributed by atoms with E-state index in [1.807, 2.05) is 0 Å². The van der Waals surface area contributed by atoms with Crippen LogP contribution < -0.4 is 5.73 Å². The van der Waals surface area contributed by atoms with E-state index in [1.165, 1.54) is 0 Å². The average molecular weight is 265 g/mol. The minimum atomic E-state index is -4.19. The molecule has 0 bridgehead atoms. The number of rotatable bonds is 4. The quantitative estimate of drug-likeness (QED) is 0.850. The number of nitrogen functional groups attached to an aromatic ring is 1. The molecule has 1 unspecified atom stereocenters. The van der Waals surface area contributed by atoms with Crippen LogP contribution in [0.1, 0.15) is 18.4 Å². The number of benzene rings is 1. The number of alkyl halides is 3. The van der Waals surface area contributed by atoms with Gasteiger partial charge in [0, 0.05) is 12.2 Å². The molecule has 96 valence electrons. The van der Waals surface area contributed by atoms with Crippen molar-refractivity contribution in [3.63, 3.8) is 0 Å². The highest BCUT2D eigenvalue weighted by Crippen LogP contribution is 2.24. The van der Waals surface area contributed by atoms with Crippen LogP contribution >= 0.6 is 0 Å². The lowest BCUT2D eigenvalue weighted by Gasteiger charge is -2.09. The van der Waals surface area contributed by atoms with Crippen LogP contribution in [-0.4, -0.2) is 16.1 Å². The lowest BCUT2D eigenvalue weighted by molar-refractivity contribution is -0.134. The highest BCUT2D eigenvalue weighted by atomic mass is 32.2. The predicted octanol–water partition coefficient (Wildman–Crippen LogP) is 3.03. The van der Waals surface area contributed by atoms with Crippen molar-refractivity contribution < 1.29 is 17.4 Å². The van der Waals surface area contributed by atoms with Crippen LogP contribution in [0.4, 0.5) is 18.9 Å². The van der Waals surface area contributed by atoms with Crippen molar-refractivity contribution in [3.8, 4) is 0 Å². The number of nitrogens with two attached hydrogens (primary N) is 1. The Hall–Kier alpha value is -1.04. The van der Waals surface area contributed by atoms with Gasteiger partial charge in [0.2, 0.25) is 0 Å². The molecule has 17 heavy (non-hydrogen) atoms. The van der Waals surface area contributed by atoms with Gasteiger partial charge < -0.3 is 5.73 Å². The molecule has 1 atom stereocenters. The zero-order valence-corrected chi connectivity index (χ0v) is 10.2. The second kappa shape index (κ2) is 5.53. The number of halogens is 3. The van der Waals surface area contributed by atoms with Gasteiger partial charge in [-0.2, -0.15) is 13.2 Å². The Kier molecular flexibility index (Phi) is 4.56. The van der Waals surface area contributed by atoms with Crippen molar-refractivity contribution in [2.45, 2.75) is 30.8 Å². The second-order valence-corrected chi connectivity index (χ2v) is 5.29. The summed E-state index contributed by atoms with van der Waals surface area (Å²) in [4.78, 5) is 0.423. The van der Waals surface area contributed by atoms with Gasteiger partial charge in [-0.15, -0.1) is 0 Å². The summed E-state index contributed by atoms with van der Waals surface area (Å²) in [6, 6.07) is 5.06.